The summed E-state index contributed by atoms with van der Waals surface area (Å²) >= 11 is 1.44. The molecule has 1 N–H and O–H groups in total. The molecule has 18 heavy (non-hydrogen) atoms. The van der Waals surface area contributed by atoms with Crippen molar-refractivity contribution in [3.63, 3.8) is 0 Å². The number of aliphatic hydroxyl groups is 1. The third-order valence-electron chi connectivity index (χ3n) is 2.52. The van der Waals surface area contributed by atoms with Gasteiger partial charge in [0.2, 0.25) is 0 Å². The Hall–Kier alpha value is -0.540. The molecule has 0 atom stereocenters. The highest BCUT2D eigenvalue weighted by Gasteiger charge is 2.01. The van der Waals surface area contributed by atoms with Crippen LogP contribution in [0.4, 0.5) is 0 Å². The Kier molecular flexibility index (Phi) is 14.1. The summed E-state index contributed by atoms with van der Waals surface area (Å²) < 4.78 is 0. The molecular weight excluding hydrogens is 244 g/mol. The van der Waals surface area contributed by atoms with Gasteiger partial charge in [-0.15, -0.1) is 0 Å². The van der Waals surface area contributed by atoms with Crippen LogP contribution in [0.2, 0.25) is 0 Å². The standard InChI is InChI=1S/C15H26O2S/c1-2-3-4-6-9-12-15(17)18-14-11-8-5-7-10-13-16/h5,7-8,10,16H,2-4,6,9,11-14H2,1H3/b8-5+,10-7+. The summed E-state index contributed by atoms with van der Waals surface area (Å²) in [6.45, 7) is 2.28. The maximum atomic E-state index is 11.5. The van der Waals surface area contributed by atoms with Gasteiger partial charge < -0.3 is 5.11 Å². The minimum atomic E-state index is 0.0790. The molecule has 0 spiro atoms. The zero-order chi connectivity index (χ0) is 13.5. The van der Waals surface area contributed by atoms with Gasteiger partial charge in [0, 0.05) is 12.2 Å². The molecule has 0 aromatic rings. The number of aliphatic hydroxyl groups excluding tert-OH is 1. The Balaban J connectivity index is 3.31. The predicted octanol–water partition coefficient (Wildman–Crippen LogP) is 4.10. The smallest absolute Gasteiger partial charge is 0.188 e. The van der Waals surface area contributed by atoms with E-state index in [2.05, 4.69) is 6.92 Å². The molecular formula is C15H26O2S. The lowest BCUT2D eigenvalue weighted by Crippen LogP contribution is -1.93. The van der Waals surface area contributed by atoms with E-state index < -0.39 is 0 Å². The Bertz CT molecular complexity index is 247. The summed E-state index contributed by atoms with van der Waals surface area (Å²) in [5.41, 5.74) is 0. The van der Waals surface area contributed by atoms with Crippen molar-refractivity contribution in [2.75, 3.05) is 12.4 Å². The maximum absolute atomic E-state index is 11.5. The third-order valence-corrected chi connectivity index (χ3v) is 3.49. The zero-order valence-electron chi connectivity index (χ0n) is 11.4. The fourth-order valence-electron chi connectivity index (χ4n) is 1.50. The Morgan fingerprint density at radius 2 is 1.83 bits per heavy atom. The minimum Gasteiger partial charge on any atom is -0.392 e. The lowest BCUT2D eigenvalue weighted by Gasteiger charge is -1.99. The number of allylic oxidation sites excluding steroid dienone is 3. The van der Waals surface area contributed by atoms with E-state index in [0.717, 1.165) is 25.0 Å². The van der Waals surface area contributed by atoms with Crippen molar-refractivity contribution in [2.45, 2.75) is 51.9 Å². The molecule has 0 amide bonds. The highest BCUT2D eigenvalue weighted by Crippen LogP contribution is 2.12. The van der Waals surface area contributed by atoms with Gasteiger partial charge in [-0.25, -0.2) is 0 Å². The molecule has 0 bridgehead atoms. The molecule has 0 aliphatic heterocycles. The summed E-state index contributed by atoms with van der Waals surface area (Å²) in [5.74, 6) is 0.858. The normalized spacial score (nSPS) is 11.7. The van der Waals surface area contributed by atoms with E-state index in [1.165, 1.54) is 37.4 Å². The van der Waals surface area contributed by atoms with Gasteiger partial charge in [0.25, 0.3) is 0 Å². The molecule has 0 fully saturated rings. The van der Waals surface area contributed by atoms with Crippen molar-refractivity contribution >= 4 is 16.9 Å². The zero-order valence-corrected chi connectivity index (χ0v) is 12.3. The molecule has 3 heteroatoms. The van der Waals surface area contributed by atoms with E-state index >= 15 is 0 Å². The predicted molar refractivity (Wildman–Crippen MR) is 80.8 cm³/mol. The molecule has 0 aromatic carbocycles. The van der Waals surface area contributed by atoms with Crippen LogP contribution in [0, 0.1) is 0 Å². The monoisotopic (exact) mass is 270 g/mol. The van der Waals surface area contributed by atoms with Gasteiger partial charge >= 0.3 is 0 Å². The maximum Gasteiger partial charge on any atom is 0.188 e. The number of carbonyl (C=O) groups is 1. The second-order valence-corrected chi connectivity index (χ2v) is 5.36. The van der Waals surface area contributed by atoms with Crippen LogP contribution in [0.15, 0.2) is 24.3 Å². The molecule has 0 heterocycles. The summed E-state index contributed by atoms with van der Waals surface area (Å²) in [7, 11) is 0. The lowest BCUT2D eigenvalue weighted by atomic mass is 10.1. The van der Waals surface area contributed by atoms with Crippen LogP contribution >= 0.6 is 11.8 Å². The van der Waals surface area contributed by atoms with Gasteiger partial charge in [-0.3, -0.25) is 4.79 Å². The van der Waals surface area contributed by atoms with E-state index in [-0.39, 0.29) is 6.61 Å². The second kappa shape index (κ2) is 14.5. The first kappa shape index (κ1) is 17.5. The van der Waals surface area contributed by atoms with Crippen LogP contribution in [0.3, 0.4) is 0 Å². The summed E-state index contributed by atoms with van der Waals surface area (Å²) in [6.07, 6.45) is 15.1. The largest absolute Gasteiger partial charge is 0.392 e. The number of hydrogen-bond acceptors (Lipinski definition) is 3. The average molecular weight is 270 g/mol. The van der Waals surface area contributed by atoms with Gasteiger partial charge in [0.1, 0.15) is 0 Å². The van der Waals surface area contributed by atoms with E-state index in [1.807, 2.05) is 18.2 Å². The molecule has 0 aromatic heterocycles. The van der Waals surface area contributed by atoms with Crippen LogP contribution in [-0.2, 0) is 4.79 Å². The molecule has 104 valence electrons. The number of unbranched alkanes of at least 4 members (excludes halogenated alkanes) is 4. The molecule has 0 saturated carbocycles. The van der Waals surface area contributed by atoms with Crippen LogP contribution in [-0.4, -0.2) is 22.6 Å². The van der Waals surface area contributed by atoms with Gasteiger partial charge in [-0.05, 0) is 12.8 Å². The van der Waals surface area contributed by atoms with Crippen molar-refractivity contribution in [1.29, 1.82) is 0 Å². The third kappa shape index (κ3) is 13.5. The highest BCUT2D eigenvalue weighted by molar-refractivity contribution is 8.13. The highest BCUT2D eigenvalue weighted by atomic mass is 32.2. The van der Waals surface area contributed by atoms with Gasteiger partial charge in [-0.2, -0.15) is 0 Å². The SMILES string of the molecule is CCCCCCCC(=O)SCC/C=C/C=C/CO. The molecule has 0 radical (unpaired) electrons. The van der Waals surface area contributed by atoms with Gasteiger partial charge in [0.15, 0.2) is 5.12 Å². The number of carbonyl (C=O) groups excluding carboxylic acids is 1. The summed E-state index contributed by atoms with van der Waals surface area (Å²) in [4.78, 5) is 11.5. The van der Waals surface area contributed by atoms with Crippen molar-refractivity contribution in [3.8, 4) is 0 Å². The molecule has 2 nitrogen and oxygen atoms in total. The first-order valence-corrected chi connectivity index (χ1v) is 7.88. The minimum absolute atomic E-state index is 0.0790. The second-order valence-electron chi connectivity index (χ2n) is 4.21. The molecule has 0 aliphatic rings. The quantitative estimate of drug-likeness (QED) is 0.453. The van der Waals surface area contributed by atoms with E-state index in [1.54, 1.807) is 6.08 Å². The molecule has 0 rings (SSSR count). The van der Waals surface area contributed by atoms with Crippen molar-refractivity contribution in [1.82, 2.24) is 0 Å². The molecule has 0 unspecified atom stereocenters. The van der Waals surface area contributed by atoms with E-state index in [4.69, 9.17) is 5.11 Å². The Morgan fingerprint density at radius 3 is 2.56 bits per heavy atom. The average Bonchev–Trinajstić information content (AvgIpc) is 2.37. The number of hydrogen-bond donors (Lipinski definition) is 1. The van der Waals surface area contributed by atoms with Crippen LogP contribution in [0.1, 0.15) is 51.9 Å². The number of thioether (sulfide) groups is 1. The summed E-state index contributed by atoms with van der Waals surface area (Å²) in [6, 6.07) is 0. The molecule has 0 aliphatic carbocycles. The molecule has 0 saturated heterocycles. The topological polar surface area (TPSA) is 37.3 Å². The fourth-order valence-corrected chi connectivity index (χ4v) is 2.27. The van der Waals surface area contributed by atoms with Gasteiger partial charge in [-0.1, -0.05) is 68.7 Å². The Labute approximate surface area is 116 Å². The summed E-state index contributed by atoms with van der Waals surface area (Å²) in [5, 5.41) is 8.83. The van der Waals surface area contributed by atoms with Crippen molar-refractivity contribution in [3.05, 3.63) is 24.3 Å². The first-order valence-electron chi connectivity index (χ1n) is 6.89. The Morgan fingerprint density at radius 1 is 1.11 bits per heavy atom. The fraction of sp³-hybridized carbons (Fsp3) is 0.667. The van der Waals surface area contributed by atoms with Crippen molar-refractivity contribution in [2.24, 2.45) is 0 Å². The van der Waals surface area contributed by atoms with Crippen molar-refractivity contribution < 1.29 is 9.90 Å². The van der Waals surface area contributed by atoms with Crippen LogP contribution < -0.4 is 0 Å². The lowest BCUT2D eigenvalue weighted by molar-refractivity contribution is -0.111. The number of rotatable bonds is 11. The van der Waals surface area contributed by atoms with E-state index in [9.17, 15) is 4.79 Å². The van der Waals surface area contributed by atoms with Crippen LogP contribution in [0.5, 0.6) is 0 Å². The van der Waals surface area contributed by atoms with Gasteiger partial charge in [0.05, 0.1) is 6.61 Å². The van der Waals surface area contributed by atoms with E-state index in [0.29, 0.717) is 5.12 Å². The van der Waals surface area contributed by atoms with Crippen LogP contribution in [0.25, 0.3) is 0 Å². The first-order chi connectivity index (χ1) is 8.81.